The lowest BCUT2D eigenvalue weighted by Gasteiger charge is -2.40. The fraction of sp³-hybridized carbons (Fsp3) is 0.882. The number of hydrogen-bond donors (Lipinski definition) is 2. The van der Waals surface area contributed by atoms with Crippen molar-refractivity contribution in [3.63, 3.8) is 0 Å². The van der Waals surface area contributed by atoms with Gasteiger partial charge < -0.3 is 19.9 Å². The van der Waals surface area contributed by atoms with Crippen LogP contribution in [0.25, 0.3) is 0 Å². The van der Waals surface area contributed by atoms with E-state index in [4.69, 9.17) is 9.47 Å². The maximum Gasteiger partial charge on any atom is 0.311 e. The van der Waals surface area contributed by atoms with Gasteiger partial charge in [0, 0.05) is 12.5 Å². The number of aliphatic hydroxyl groups excluding tert-OH is 1. The number of nitrogens with one attached hydrogen (secondary N) is 1. The zero-order chi connectivity index (χ0) is 18.0. The first kappa shape index (κ1) is 19.9. The largest absolute Gasteiger partial charge is 0.464 e. The van der Waals surface area contributed by atoms with E-state index in [2.05, 4.69) is 5.32 Å². The number of rotatable bonds is 3. The summed E-state index contributed by atoms with van der Waals surface area (Å²) in [6, 6.07) is -0.449. The number of carbonyl (C=O) groups excluding carboxylic acids is 2. The van der Waals surface area contributed by atoms with Crippen molar-refractivity contribution in [1.82, 2.24) is 5.32 Å². The summed E-state index contributed by atoms with van der Waals surface area (Å²) in [6.45, 7) is 13.2. The second kappa shape index (κ2) is 7.18. The Labute approximate surface area is 138 Å². The van der Waals surface area contributed by atoms with Gasteiger partial charge >= 0.3 is 11.9 Å². The van der Waals surface area contributed by atoms with Crippen molar-refractivity contribution < 1.29 is 24.2 Å². The highest BCUT2D eigenvalue weighted by atomic mass is 16.6. The lowest BCUT2D eigenvalue weighted by atomic mass is 9.89. The lowest BCUT2D eigenvalue weighted by molar-refractivity contribution is -0.176. The minimum atomic E-state index is -0.919. The molecule has 0 spiro atoms. The highest BCUT2D eigenvalue weighted by Gasteiger charge is 2.41. The van der Waals surface area contributed by atoms with Gasteiger partial charge in [0.25, 0.3) is 0 Å². The summed E-state index contributed by atoms with van der Waals surface area (Å²) in [7, 11) is 0. The molecule has 6 heteroatoms. The van der Waals surface area contributed by atoms with Crippen molar-refractivity contribution in [2.75, 3.05) is 13.2 Å². The van der Waals surface area contributed by atoms with Crippen LogP contribution in [0.3, 0.4) is 0 Å². The molecule has 6 nitrogen and oxygen atoms in total. The first-order chi connectivity index (χ1) is 10.3. The zero-order valence-electron chi connectivity index (χ0n) is 15.3. The second-order valence-corrected chi connectivity index (χ2v) is 8.45. The van der Waals surface area contributed by atoms with Gasteiger partial charge in [0.05, 0.1) is 16.9 Å². The van der Waals surface area contributed by atoms with Crippen molar-refractivity contribution in [2.24, 2.45) is 16.7 Å². The van der Waals surface area contributed by atoms with Crippen LogP contribution < -0.4 is 5.32 Å². The highest BCUT2D eigenvalue weighted by Crippen LogP contribution is 2.24. The van der Waals surface area contributed by atoms with Gasteiger partial charge in [-0.25, -0.2) is 0 Å². The molecule has 1 heterocycles. The Balaban J connectivity index is 2.68. The predicted octanol–water partition coefficient (Wildman–Crippen LogP) is 1.50. The Morgan fingerprint density at radius 1 is 1.09 bits per heavy atom. The number of ether oxygens (including phenoxy) is 2. The van der Waals surface area contributed by atoms with Gasteiger partial charge in [-0.3, -0.25) is 9.59 Å². The summed E-state index contributed by atoms with van der Waals surface area (Å²) in [5, 5.41) is 13.6. The summed E-state index contributed by atoms with van der Waals surface area (Å²) in [5.74, 6) is -0.694. The summed E-state index contributed by atoms with van der Waals surface area (Å²) >= 11 is 0. The molecular weight excluding hydrogens is 298 g/mol. The Morgan fingerprint density at radius 3 is 2.09 bits per heavy atom. The highest BCUT2D eigenvalue weighted by molar-refractivity contribution is 5.76. The molecule has 1 aliphatic rings. The van der Waals surface area contributed by atoms with E-state index in [1.165, 1.54) is 0 Å². The van der Waals surface area contributed by atoms with Gasteiger partial charge in [-0.05, 0) is 41.5 Å². The van der Waals surface area contributed by atoms with Gasteiger partial charge in [0.1, 0.15) is 18.8 Å². The second-order valence-electron chi connectivity index (χ2n) is 8.45. The van der Waals surface area contributed by atoms with E-state index in [0.717, 1.165) is 0 Å². The maximum atomic E-state index is 12.1. The molecule has 1 aliphatic heterocycles. The molecular formula is C17H31NO5. The summed E-state index contributed by atoms with van der Waals surface area (Å²) in [6.07, 6.45) is -1.53. The van der Waals surface area contributed by atoms with Crippen molar-refractivity contribution >= 4 is 11.9 Å². The summed E-state index contributed by atoms with van der Waals surface area (Å²) in [4.78, 5) is 23.9. The van der Waals surface area contributed by atoms with Gasteiger partial charge in [0.15, 0.2) is 0 Å². The molecule has 0 saturated carbocycles. The normalized spacial score (nSPS) is 29.0. The van der Waals surface area contributed by atoms with Gasteiger partial charge in [-0.15, -0.1) is 0 Å². The van der Waals surface area contributed by atoms with Crippen LogP contribution in [0.15, 0.2) is 0 Å². The smallest absolute Gasteiger partial charge is 0.311 e. The van der Waals surface area contributed by atoms with E-state index in [9.17, 15) is 14.7 Å². The maximum absolute atomic E-state index is 12.1. The van der Waals surface area contributed by atoms with Crippen LogP contribution in [0, 0.1) is 16.7 Å². The third-order valence-electron chi connectivity index (χ3n) is 3.87. The van der Waals surface area contributed by atoms with Crippen LogP contribution in [0.5, 0.6) is 0 Å². The molecule has 0 amide bonds. The van der Waals surface area contributed by atoms with Crippen LogP contribution in [-0.2, 0) is 19.1 Å². The number of carbonyl (C=O) groups is 2. The molecule has 134 valence electrons. The molecule has 0 aromatic carbocycles. The topological polar surface area (TPSA) is 84.9 Å². The fourth-order valence-electron chi connectivity index (χ4n) is 2.17. The molecule has 4 atom stereocenters. The van der Waals surface area contributed by atoms with Gasteiger partial charge in [0.2, 0.25) is 0 Å². The Hall–Kier alpha value is -1.14. The number of hydrogen-bond acceptors (Lipinski definition) is 6. The van der Waals surface area contributed by atoms with E-state index in [1.54, 1.807) is 41.5 Å². The molecule has 0 unspecified atom stereocenters. The third-order valence-corrected chi connectivity index (χ3v) is 3.87. The standard InChI is InChI=1S/C17H31NO5/c1-10-8-18-11(9-22-14(20)16(2,3)4)12(19)13(10)23-15(21)17(5,6)7/h10-13,18-19H,8-9H2,1-7H3/t10-,11+,12-,13+/m0/s1. The van der Waals surface area contributed by atoms with E-state index in [0.29, 0.717) is 6.54 Å². The number of aliphatic hydroxyl groups is 1. The zero-order valence-corrected chi connectivity index (χ0v) is 15.3. The first-order valence-electron chi connectivity index (χ1n) is 8.14. The third kappa shape index (κ3) is 5.46. The molecule has 0 bridgehead atoms. The molecule has 0 aliphatic carbocycles. The fourth-order valence-corrected chi connectivity index (χ4v) is 2.17. The Kier molecular flexibility index (Phi) is 6.21. The first-order valence-corrected chi connectivity index (χ1v) is 8.14. The molecule has 0 radical (unpaired) electrons. The Morgan fingerprint density at radius 2 is 1.61 bits per heavy atom. The molecule has 0 aromatic heterocycles. The van der Waals surface area contributed by atoms with E-state index in [1.807, 2.05) is 6.92 Å². The molecule has 1 rings (SSSR count). The van der Waals surface area contributed by atoms with Crippen molar-refractivity contribution in [2.45, 2.75) is 66.7 Å². The van der Waals surface area contributed by atoms with Crippen LogP contribution in [-0.4, -0.2) is 48.4 Å². The van der Waals surface area contributed by atoms with Gasteiger partial charge in [-0.1, -0.05) is 6.92 Å². The minimum Gasteiger partial charge on any atom is -0.464 e. The quantitative estimate of drug-likeness (QED) is 0.763. The SMILES string of the molecule is C[C@H]1CN[C@H](COC(=O)C(C)(C)C)[C@H](O)[C@@H]1OC(=O)C(C)(C)C. The summed E-state index contributed by atoms with van der Waals surface area (Å²) in [5.41, 5.74) is -1.22. The van der Waals surface area contributed by atoms with Crippen molar-refractivity contribution in [1.29, 1.82) is 0 Å². The molecule has 1 fully saturated rings. The van der Waals surface area contributed by atoms with Gasteiger partial charge in [-0.2, -0.15) is 0 Å². The molecule has 23 heavy (non-hydrogen) atoms. The van der Waals surface area contributed by atoms with E-state index in [-0.39, 0.29) is 24.5 Å². The minimum absolute atomic E-state index is 0.0223. The van der Waals surface area contributed by atoms with Crippen molar-refractivity contribution in [3.05, 3.63) is 0 Å². The Bertz CT molecular complexity index is 435. The van der Waals surface area contributed by atoms with Crippen LogP contribution in [0.1, 0.15) is 48.5 Å². The predicted molar refractivity (Wildman–Crippen MR) is 86.7 cm³/mol. The average Bonchev–Trinajstić information content (AvgIpc) is 2.39. The molecule has 0 aromatic rings. The van der Waals surface area contributed by atoms with Crippen LogP contribution >= 0.6 is 0 Å². The molecule has 1 saturated heterocycles. The van der Waals surface area contributed by atoms with Crippen molar-refractivity contribution in [3.8, 4) is 0 Å². The van der Waals surface area contributed by atoms with Crippen LogP contribution in [0.4, 0.5) is 0 Å². The molecule has 2 N–H and O–H groups in total. The van der Waals surface area contributed by atoms with Crippen LogP contribution in [0.2, 0.25) is 0 Å². The number of piperidine rings is 1. The monoisotopic (exact) mass is 329 g/mol. The van der Waals surface area contributed by atoms with E-state index < -0.39 is 29.1 Å². The summed E-state index contributed by atoms with van der Waals surface area (Å²) < 4.78 is 10.8. The lowest BCUT2D eigenvalue weighted by Crippen LogP contribution is -2.60. The van der Waals surface area contributed by atoms with E-state index >= 15 is 0 Å². The average molecular weight is 329 g/mol. The number of esters is 2.